The van der Waals surface area contributed by atoms with Crippen LogP contribution in [0.15, 0.2) is 49.0 Å². The second-order valence-corrected chi connectivity index (χ2v) is 9.95. The van der Waals surface area contributed by atoms with Crippen LogP contribution in [0.2, 0.25) is 0 Å². The minimum atomic E-state index is -3.39. The average Bonchev–Trinajstić information content (AvgIpc) is 2.65. The van der Waals surface area contributed by atoms with E-state index in [0.29, 0.717) is 11.3 Å². The van der Waals surface area contributed by atoms with E-state index in [1.165, 1.54) is 5.56 Å². The van der Waals surface area contributed by atoms with Crippen molar-refractivity contribution in [2.75, 3.05) is 11.0 Å². The van der Waals surface area contributed by atoms with Crippen molar-refractivity contribution in [1.82, 2.24) is 5.32 Å². The first-order chi connectivity index (χ1) is 13.9. The van der Waals surface area contributed by atoms with E-state index in [1.807, 2.05) is 31.2 Å². The molecule has 0 saturated carbocycles. The lowest BCUT2D eigenvalue weighted by Gasteiger charge is -2.18. The van der Waals surface area contributed by atoms with Crippen molar-refractivity contribution < 1.29 is 13.2 Å². The van der Waals surface area contributed by atoms with Gasteiger partial charge in [-0.1, -0.05) is 57.5 Å². The Hall–Kier alpha value is -3.04. The second-order valence-electron chi connectivity index (χ2n) is 8.20. The number of carbonyl (C=O) groups excluding carboxylic acids is 1. The molecule has 2 aromatic carbocycles. The van der Waals surface area contributed by atoms with Gasteiger partial charge in [-0.2, -0.15) is 0 Å². The van der Waals surface area contributed by atoms with Crippen LogP contribution in [0, 0.1) is 11.8 Å². The summed E-state index contributed by atoms with van der Waals surface area (Å²) in [6.07, 6.45) is 2.65. The number of nitrogens with one attached hydrogen (secondary N) is 2. The molecule has 0 heterocycles. The average molecular weight is 425 g/mol. The number of anilines is 1. The third-order valence-electron chi connectivity index (χ3n) is 4.51. The van der Waals surface area contributed by atoms with Gasteiger partial charge in [0.15, 0.2) is 0 Å². The molecule has 0 aliphatic heterocycles. The van der Waals surface area contributed by atoms with E-state index in [4.69, 9.17) is 0 Å². The van der Waals surface area contributed by atoms with E-state index in [9.17, 15) is 13.2 Å². The Kier molecular flexibility index (Phi) is 7.12. The SMILES string of the molecule is C=Cc1cc([C@@H](C)NC(=O)C#Cc2ccc(C(C)(C)C)cc2)ccc1NS(C)(=O)=O. The lowest BCUT2D eigenvalue weighted by molar-refractivity contribution is -0.116. The highest BCUT2D eigenvalue weighted by molar-refractivity contribution is 7.92. The predicted octanol–water partition coefficient (Wildman–Crippen LogP) is 4.23. The topological polar surface area (TPSA) is 75.3 Å². The summed E-state index contributed by atoms with van der Waals surface area (Å²) in [5.41, 5.74) is 3.93. The molecule has 0 fully saturated rings. The third-order valence-corrected chi connectivity index (χ3v) is 5.10. The van der Waals surface area contributed by atoms with E-state index in [1.54, 1.807) is 24.3 Å². The molecule has 1 amide bonds. The zero-order valence-corrected chi connectivity index (χ0v) is 18.9. The van der Waals surface area contributed by atoms with Crippen molar-refractivity contribution in [3.05, 3.63) is 71.3 Å². The summed E-state index contributed by atoms with van der Waals surface area (Å²) in [4.78, 5) is 12.2. The molecule has 1 atom stereocenters. The number of amides is 1. The third kappa shape index (κ3) is 6.78. The second kappa shape index (κ2) is 9.19. The Morgan fingerprint density at radius 3 is 2.30 bits per heavy atom. The van der Waals surface area contributed by atoms with Crippen molar-refractivity contribution in [2.45, 2.75) is 39.2 Å². The molecular formula is C24H28N2O3S. The lowest BCUT2D eigenvalue weighted by Crippen LogP contribution is -2.25. The predicted molar refractivity (Wildman–Crippen MR) is 124 cm³/mol. The van der Waals surface area contributed by atoms with Crippen molar-refractivity contribution in [1.29, 1.82) is 0 Å². The van der Waals surface area contributed by atoms with Crippen LogP contribution >= 0.6 is 0 Å². The first kappa shape index (κ1) is 23.2. The number of carbonyl (C=O) groups is 1. The molecule has 6 heteroatoms. The van der Waals surface area contributed by atoms with Gasteiger partial charge in [0.25, 0.3) is 5.91 Å². The van der Waals surface area contributed by atoms with E-state index in [-0.39, 0.29) is 17.4 Å². The van der Waals surface area contributed by atoms with Crippen LogP contribution in [0.4, 0.5) is 5.69 Å². The highest BCUT2D eigenvalue weighted by Crippen LogP contribution is 2.24. The van der Waals surface area contributed by atoms with E-state index >= 15 is 0 Å². The van der Waals surface area contributed by atoms with Crippen LogP contribution in [-0.2, 0) is 20.2 Å². The fraction of sp³-hybridized carbons (Fsp3) is 0.292. The number of hydrogen-bond donors (Lipinski definition) is 2. The van der Waals surface area contributed by atoms with Gasteiger partial charge in [0.05, 0.1) is 18.0 Å². The van der Waals surface area contributed by atoms with Crippen molar-refractivity contribution in [2.24, 2.45) is 0 Å². The first-order valence-electron chi connectivity index (χ1n) is 9.56. The van der Waals surface area contributed by atoms with Crippen LogP contribution in [-0.4, -0.2) is 20.6 Å². The Balaban J connectivity index is 2.09. The van der Waals surface area contributed by atoms with Gasteiger partial charge in [0.2, 0.25) is 10.0 Å². The molecule has 2 N–H and O–H groups in total. The number of sulfonamides is 1. The summed E-state index contributed by atoms with van der Waals surface area (Å²) >= 11 is 0. The van der Waals surface area contributed by atoms with E-state index in [0.717, 1.165) is 17.4 Å². The van der Waals surface area contributed by atoms with Crippen LogP contribution in [0.1, 0.15) is 56.0 Å². The van der Waals surface area contributed by atoms with Gasteiger partial charge in [-0.15, -0.1) is 0 Å². The standard InChI is InChI=1S/C24H28N2O3S/c1-7-19-16-20(11-14-22(19)26-30(6,28)29)17(2)25-23(27)15-10-18-8-12-21(13-9-18)24(3,4)5/h7-9,11-14,16-17,26H,1H2,2-6H3,(H,25,27)/t17-/m1/s1. The fourth-order valence-electron chi connectivity index (χ4n) is 2.81. The molecule has 0 aromatic heterocycles. The number of benzene rings is 2. The van der Waals surface area contributed by atoms with E-state index < -0.39 is 10.0 Å². The molecule has 0 saturated heterocycles. The maximum Gasteiger partial charge on any atom is 0.296 e. The summed E-state index contributed by atoms with van der Waals surface area (Å²) in [6.45, 7) is 12.0. The Bertz CT molecular complexity index is 1100. The minimum absolute atomic E-state index is 0.0649. The first-order valence-corrected chi connectivity index (χ1v) is 11.5. The largest absolute Gasteiger partial charge is 0.339 e. The maximum absolute atomic E-state index is 12.2. The van der Waals surface area contributed by atoms with Crippen LogP contribution < -0.4 is 10.0 Å². The van der Waals surface area contributed by atoms with Crippen LogP contribution in [0.3, 0.4) is 0 Å². The summed E-state index contributed by atoms with van der Waals surface area (Å²) in [6, 6.07) is 12.7. The Morgan fingerprint density at radius 2 is 1.77 bits per heavy atom. The van der Waals surface area contributed by atoms with Gasteiger partial charge in [-0.3, -0.25) is 9.52 Å². The summed E-state index contributed by atoms with van der Waals surface area (Å²) in [7, 11) is -3.39. The molecule has 158 valence electrons. The molecule has 0 radical (unpaired) electrons. The smallest absolute Gasteiger partial charge is 0.296 e. The van der Waals surface area contributed by atoms with Gasteiger partial charge in [0, 0.05) is 11.5 Å². The Labute approximate surface area is 179 Å². The van der Waals surface area contributed by atoms with Crippen molar-refractivity contribution in [3.63, 3.8) is 0 Å². The van der Waals surface area contributed by atoms with Gasteiger partial charge in [-0.05, 0) is 53.3 Å². The minimum Gasteiger partial charge on any atom is -0.339 e. The quantitative estimate of drug-likeness (QED) is 0.706. The van der Waals surface area contributed by atoms with Crippen LogP contribution in [0.5, 0.6) is 0 Å². The summed E-state index contributed by atoms with van der Waals surface area (Å²) in [5.74, 6) is 5.11. The zero-order valence-electron chi connectivity index (χ0n) is 18.0. The number of hydrogen-bond acceptors (Lipinski definition) is 3. The molecule has 5 nitrogen and oxygen atoms in total. The normalized spacial score (nSPS) is 12.3. The molecule has 2 rings (SSSR count). The molecular weight excluding hydrogens is 396 g/mol. The molecule has 30 heavy (non-hydrogen) atoms. The lowest BCUT2D eigenvalue weighted by atomic mass is 9.87. The molecule has 2 aromatic rings. The highest BCUT2D eigenvalue weighted by atomic mass is 32.2. The molecule has 0 aliphatic rings. The maximum atomic E-state index is 12.2. The van der Waals surface area contributed by atoms with Crippen molar-refractivity contribution >= 4 is 27.7 Å². The summed E-state index contributed by atoms with van der Waals surface area (Å²) < 4.78 is 25.4. The number of rotatable bonds is 5. The molecule has 0 aliphatic carbocycles. The molecule has 0 unspecified atom stereocenters. The highest BCUT2D eigenvalue weighted by Gasteiger charge is 2.13. The zero-order chi connectivity index (χ0) is 22.5. The molecule has 0 spiro atoms. The molecule has 0 bridgehead atoms. The summed E-state index contributed by atoms with van der Waals surface area (Å²) in [5, 5.41) is 2.84. The fourth-order valence-corrected chi connectivity index (χ4v) is 3.40. The van der Waals surface area contributed by atoms with Crippen molar-refractivity contribution in [3.8, 4) is 11.8 Å². The van der Waals surface area contributed by atoms with Crippen LogP contribution in [0.25, 0.3) is 6.08 Å². The van der Waals surface area contributed by atoms with Gasteiger partial charge in [0.1, 0.15) is 0 Å². The van der Waals surface area contributed by atoms with E-state index in [2.05, 4.69) is 49.2 Å². The Morgan fingerprint density at radius 1 is 1.13 bits per heavy atom. The van der Waals surface area contributed by atoms with Gasteiger partial charge >= 0.3 is 0 Å². The van der Waals surface area contributed by atoms with Gasteiger partial charge < -0.3 is 5.32 Å². The van der Waals surface area contributed by atoms with Gasteiger partial charge in [-0.25, -0.2) is 8.42 Å². The monoisotopic (exact) mass is 424 g/mol.